The van der Waals surface area contributed by atoms with Gasteiger partial charge in [0.05, 0.1) is 18.0 Å². The van der Waals surface area contributed by atoms with E-state index in [4.69, 9.17) is 5.11 Å². The van der Waals surface area contributed by atoms with Crippen molar-refractivity contribution in [2.45, 2.75) is 38.6 Å². The number of nitrogens with zero attached hydrogens (tertiary/aromatic N) is 3. The van der Waals surface area contributed by atoms with Crippen LogP contribution < -0.4 is 0 Å². The fraction of sp³-hybridized carbons (Fsp3) is 0.462. The molecule has 0 aliphatic heterocycles. The maximum atomic E-state index is 10.3. The molecule has 0 aliphatic carbocycles. The zero-order valence-corrected chi connectivity index (χ0v) is 10.2. The van der Waals surface area contributed by atoms with Crippen LogP contribution in [0.2, 0.25) is 0 Å². The van der Waals surface area contributed by atoms with Crippen LogP contribution in [0.4, 0.5) is 0 Å². The van der Waals surface area contributed by atoms with Crippen molar-refractivity contribution in [2.24, 2.45) is 0 Å². The van der Waals surface area contributed by atoms with Crippen molar-refractivity contribution in [3.05, 3.63) is 24.8 Å². The van der Waals surface area contributed by atoms with Crippen molar-refractivity contribution >= 4 is 17.0 Å². The molecule has 0 fully saturated rings. The Bertz CT molecular complexity index is 522. The molecular formula is C13H17N3O2. The van der Waals surface area contributed by atoms with Gasteiger partial charge in [-0.3, -0.25) is 9.78 Å². The number of fused-ring (bicyclic) bond motifs is 1. The molecule has 96 valence electrons. The lowest BCUT2D eigenvalue weighted by Gasteiger charge is -2.03. The van der Waals surface area contributed by atoms with E-state index in [-0.39, 0.29) is 6.42 Å². The summed E-state index contributed by atoms with van der Waals surface area (Å²) in [4.78, 5) is 18.7. The van der Waals surface area contributed by atoms with E-state index in [1.165, 1.54) is 0 Å². The molecule has 0 bridgehead atoms. The molecule has 0 saturated heterocycles. The van der Waals surface area contributed by atoms with Gasteiger partial charge in [-0.15, -0.1) is 0 Å². The number of hydrogen-bond donors (Lipinski definition) is 1. The van der Waals surface area contributed by atoms with Crippen LogP contribution in [0.25, 0.3) is 11.0 Å². The van der Waals surface area contributed by atoms with E-state index in [0.717, 1.165) is 43.3 Å². The van der Waals surface area contributed by atoms with Gasteiger partial charge in [0, 0.05) is 19.2 Å². The highest BCUT2D eigenvalue weighted by molar-refractivity contribution is 5.73. The van der Waals surface area contributed by atoms with Gasteiger partial charge in [0.1, 0.15) is 5.52 Å². The molecule has 0 unspecified atom stereocenters. The molecule has 2 aromatic heterocycles. The van der Waals surface area contributed by atoms with Crippen molar-refractivity contribution in [2.75, 3.05) is 0 Å². The van der Waals surface area contributed by atoms with Gasteiger partial charge in [0.2, 0.25) is 0 Å². The van der Waals surface area contributed by atoms with Crippen LogP contribution in [-0.2, 0) is 11.3 Å². The maximum absolute atomic E-state index is 10.3. The van der Waals surface area contributed by atoms with Gasteiger partial charge in [-0.2, -0.15) is 0 Å². The standard InChI is InChI=1S/C13H17N3O2/c17-13(18)5-3-1-2-4-8-16-10-15-11-9-14-7-6-12(11)16/h6-7,9-10H,1-5,8H2,(H,17,18). The normalized spacial score (nSPS) is 10.9. The van der Waals surface area contributed by atoms with Crippen LogP contribution in [0.3, 0.4) is 0 Å². The molecule has 1 N–H and O–H groups in total. The lowest BCUT2D eigenvalue weighted by Crippen LogP contribution is -1.97. The largest absolute Gasteiger partial charge is 0.481 e. The number of pyridine rings is 1. The Kier molecular flexibility index (Phi) is 4.28. The second kappa shape index (κ2) is 6.14. The molecule has 18 heavy (non-hydrogen) atoms. The Morgan fingerprint density at radius 3 is 2.94 bits per heavy atom. The van der Waals surface area contributed by atoms with Crippen molar-refractivity contribution < 1.29 is 9.90 Å². The van der Waals surface area contributed by atoms with Crippen LogP contribution in [0, 0.1) is 0 Å². The van der Waals surface area contributed by atoms with E-state index in [1.807, 2.05) is 12.4 Å². The summed E-state index contributed by atoms with van der Waals surface area (Å²) in [5.41, 5.74) is 2.03. The maximum Gasteiger partial charge on any atom is 0.303 e. The van der Waals surface area contributed by atoms with Gasteiger partial charge >= 0.3 is 5.97 Å². The predicted octanol–water partition coefficient (Wildman–Crippen LogP) is 2.47. The van der Waals surface area contributed by atoms with Gasteiger partial charge in [-0.25, -0.2) is 4.98 Å². The minimum atomic E-state index is -0.705. The third-order valence-electron chi connectivity index (χ3n) is 2.96. The molecule has 2 heterocycles. The fourth-order valence-electron chi connectivity index (χ4n) is 2.01. The Morgan fingerprint density at radius 1 is 1.28 bits per heavy atom. The van der Waals surface area contributed by atoms with E-state index in [2.05, 4.69) is 14.5 Å². The molecule has 5 heteroatoms. The molecule has 0 aromatic carbocycles. The first kappa shape index (κ1) is 12.5. The van der Waals surface area contributed by atoms with Crippen molar-refractivity contribution in [1.29, 1.82) is 0 Å². The van der Waals surface area contributed by atoms with Crippen LogP contribution in [0.1, 0.15) is 32.1 Å². The number of imidazole rings is 1. The lowest BCUT2D eigenvalue weighted by atomic mass is 10.1. The van der Waals surface area contributed by atoms with Gasteiger partial charge in [0.15, 0.2) is 0 Å². The molecule has 0 aliphatic rings. The molecule has 2 rings (SSSR count). The second-order valence-corrected chi connectivity index (χ2v) is 4.36. The molecule has 5 nitrogen and oxygen atoms in total. The summed E-state index contributed by atoms with van der Waals surface area (Å²) in [7, 11) is 0. The van der Waals surface area contributed by atoms with Gasteiger partial charge < -0.3 is 9.67 Å². The number of carboxylic acids is 1. The highest BCUT2D eigenvalue weighted by atomic mass is 16.4. The molecule has 2 aromatic rings. The number of aliphatic carboxylic acids is 1. The number of aryl methyl sites for hydroxylation is 1. The highest BCUT2D eigenvalue weighted by Gasteiger charge is 2.01. The van der Waals surface area contributed by atoms with Crippen LogP contribution >= 0.6 is 0 Å². The van der Waals surface area contributed by atoms with E-state index in [9.17, 15) is 4.79 Å². The first-order valence-electron chi connectivity index (χ1n) is 6.24. The van der Waals surface area contributed by atoms with Crippen LogP contribution in [0.15, 0.2) is 24.8 Å². The number of hydrogen-bond acceptors (Lipinski definition) is 3. The van der Waals surface area contributed by atoms with Gasteiger partial charge in [-0.1, -0.05) is 12.8 Å². The van der Waals surface area contributed by atoms with Crippen molar-refractivity contribution in [3.63, 3.8) is 0 Å². The SMILES string of the molecule is O=C(O)CCCCCCn1cnc2cnccc21. The third kappa shape index (κ3) is 3.29. The zero-order valence-electron chi connectivity index (χ0n) is 10.2. The van der Waals surface area contributed by atoms with E-state index in [0.29, 0.717) is 0 Å². The summed E-state index contributed by atoms with van der Waals surface area (Å²) in [5, 5.41) is 8.52. The van der Waals surface area contributed by atoms with Crippen molar-refractivity contribution in [3.8, 4) is 0 Å². The summed E-state index contributed by atoms with van der Waals surface area (Å²) >= 11 is 0. The van der Waals surface area contributed by atoms with Crippen LogP contribution in [-0.4, -0.2) is 25.6 Å². The molecule has 0 saturated carbocycles. The summed E-state index contributed by atoms with van der Waals surface area (Å²) < 4.78 is 2.12. The number of unbranched alkanes of at least 4 members (excludes halogenated alkanes) is 3. The second-order valence-electron chi connectivity index (χ2n) is 4.36. The van der Waals surface area contributed by atoms with Gasteiger partial charge in [0.25, 0.3) is 0 Å². The fourth-order valence-corrected chi connectivity index (χ4v) is 2.01. The Morgan fingerprint density at radius 2 is 2.11 bits per heavy atom. The summed E-state index contributed by atoms with van der Waals surface area (Å²) in [6.07, 6.45) is 9.49. The Hall–Kier alpha value is -1.91. The summed E-state index contributed by atoms with van der Waals surface area (Å²) in [5.74, 6) is -0.705. The number of carboxylic acid groups (broad SMARTS) is 1. The molecule has 0 amide bonds. The topological polar surface area (TPSA) is 68.0 Å². The summed E-state index contributed by atoms with van der Waals surface area (Å²) in [6.45, 7) is 0.924. The minimum absolute atomic E-state index is 0.277. The van der Waals surface area contributed by atoms with Gasteiger partial charge in [-0.05, 0) is 18.9 Å². The molecule has 0 atom stereocenters. The first-order chi connectivity index (χ1) is 8.77. The predicted molar refractivity (Wildman–Crippen MR) is 68.2 cm³/mol. The smallest absolute Gasteiger partial charge is 0.303 e. The summed E-state index contributed by atoms with van der Waals surface area (Å²) in [6, 6.07) is 1.97. The average Bonchev–Trinajstić information content (AvgIpc) is 2.77. The molecule has 0 radical (unpaired) electrons. The van der Waals surface area contributed by atoms with E-state index < -0.39 is 5.97 Å². The lowest BCUT2D eigenvalue weighted by molar-refractivity contribution is -0.137. The minimum Gasteiger partial charge on any atom is -0.481 e. The zero-order chi connectivity index (χ0) is 12.8. The number of rotatable bonds is 7. The quantitative estimate of drug-likeness (QED) is 0.763. The number of aromatic nitrogens is 3. The van der Waals surface area contributed by atoms with Crippen LogP contribution in [0.5, 0.6) is 0 Å². The van der Waals surface area contributed by atoms with E-state index in [1.54, 1.807) is 12.4 Å². The monoisotopic (exact) mass is 247 g/mol. The Labute approximate surface area is 105 Å². The van der Waals surface area contributed by atoms with E-state index >= 15 is 0 Å². The molecule has 0 spiro atoms. The average molecular weight is 247 g/mol. The number of carbonyl (C=O) groups is 1. The first-order valence-corrected chi connectivity index (χ1v) is 6.24. The Balaban J connectivity index is 1.75. The van der Waals surface area contributed by atoms with Crippen molar-refractivity contribution in [1.82, 2.24) is 14.5 Å². The third-order valence-corrected chi connectivity index (χ3v) is 2.96. The highest BCUT2D eigenvalue weighted by Crippen LogP contribution is 2.12. The molecular weight excluding hydrogens is 230 g/mol.